The predicted molar refractivity (Wildman–Crippen MR) is 109 cm³/mol. The zero-order valence-electron chi connectivity index (χ0n) is 16.7. The van der Waals surface area contributed by atoms with Gasteiger partial charge in [0.15, 0.2) is 11.4 Å². The summed E-state index contributed by atoms with van der Waals surface area (Å²) in [5.74, 6) is -5.68. The van der Waals surface area contributed by atoms with E-state index in [1.807, 2.05) is 4.72 Å². The van der Waals surface area contributed by atoms with Crippen LogP contribution in [0.3, 0.4) is 0 Å². The Bertz CT molecular complexity index is 1570. The van der Waals surface area contributed by atoms with Gasteiger partial charge in [-0.1, -0.05) is 23.4 Å². The second-order valence-electron chi connectivity index (χ2n) is 7.62. The molecule has 1 aliphatic rings. The number of sulfonamides is 1. The Labute approximate surface area is 183 Å². The number of benzene rings is 2. The summed E-state index contributed by atoms with van der Waals surface area (Å²) in [5.41, 5.74) is -1.98. The molecule has 13 heteroatoms. The SMILES string of the molecule is CS(=O)(=O)N[C@@H]1Cn2c(cn(-c3noc4cccc(-c5c(F)cccc5F)c34)c2=O)C1(F)F. The molecule has 0 unspecified atom stereocenters. The maximum Gasteiger partial charge on any atom is 0.334 e. The highest BCUT2D eigenvalue weighted by Crippen LogP contribution is 2.39. The first-order valence-electron chi connectivity index (χ1n) is 9.50. The van der Waals surface area contributed by atoms with Gasteiger partial charge in [-0.15, -0.1) is 0 Å². The van der Waals surface area contributed by atoms with Crippen molar-refractivity contribution in [1.82, 2.24) is 19.0 Å². The molecular formula is C20H14F4N4O4S. The minimum absolute atomic E-state index is 0.0148. The Morgan fingerprint density at radius 3 is 2.45 bits per heavy atom. The molecule has 2 aromatic heterocycles. The zero-order valence-corrected chi connectivity index (χ0v) is 17.5. The number of rotatable bonds is 4. The van der Waals surface area contributed by atoms with Gasteiger partial charge in [-0.2, -0.15) is 8.78 Å². The minimum Gasteiger partial charge on any atom is -0.354 e. The number of imidazole rings is 1. The van der Waals surface area contributed by atoms with Gasteiger partial charge in [0.2, 0.25) is 10.0 Å². The second-order valence-corrected chi connectivity index (χ2v) is 9.40. The first kappa shape index (κ1) is 21.4. The fraction of sp³-hybridized carbons (Fsp3) is 0.200. The van der Waals surface area contributed by atoms with Crippen LogP contribution >= 0.6 is 0 Å². The molecule has 0 saturated heterocycles. The van der Waals surface area contributed by atoms with Gasteiger partial charge >= 0.3 is 11.6 Å². The average molecular weight is 482 g/mol. The number of halogens is 4. The van der Waals surface area contributed by atoms with Gasteiger partial charge in [0.25, 0.3) is 0 Å². The molecule has 0 spiro atoms. The van der Waals surface area contributed by atoms with Crippen molar-refractivity contribution in [3.8, 4) is 16.9 Å². The summed E-state index contributed by atoms with van der Waals surface area (Å²) in [4.78, 5) is 13.0. The molecule has 0 fully saturated rings. The lowest BCUT2D eigenvalue weighted by Gasteiger charge is -2.18. The van der Waals surface area contributed by atoms with Crippen LogP contribution < -0.4 is 10.4 Å². The van der Waals surface area contributed by atoms with Crippen LogP contribution in [0.25, 0.3) is 27.9 Å². The molecule has 0 radical (unpaired) electrons. The molecule has 172 valence electrons. The Hall–Kier alpha value is -3.45. The van der Waals surface area contributed by atoms with Crippen molar-refractivity contribution in [2.24, 2.45) is 0 Å². The summed E-state index contributed by atoms with van der Waals surface area (Å²) < 4.78 is 90.1. The van der Waals surface area contributed by atoms with Gasteiger partial charge in [-0.25, -0.2) is 31.3 Å². The molecule has 0 amide bonds. The maximum absolute atomic E-state index is 14.9. The molecule has 1 aliphatic heterocycles. The van der Waals surface area contributed by atoms with Crippen molar-refractivity contribution in [1.29, 1.82) is 0 Å². The highest BCUT2D eigenvalue weighted by molar-refractivity contribution is 7.88. The summed E-state index contributed by atoms with van der Waals surface area (Å²) in [6, 6.07) is 5.76. The molecule has 0 aliphatic carbocycles. The van der Waals surface area contributed by atoms with Crippen molar-refractivity contribution < 1.29 is 30.5 Å². The van der Waals surface area contributed by atoms with E-state index in [9.17, 15) is 30.8 Å². The Morgan fingerprint density at radius 1 is 1.15 bits per heavy atom. The van der Waals surface area contributed by atoms with E-state index in [0.29, 0.717) is 0 Å². The van der Waals surface area contributed by atoms with E-state index >= 15 is 0 Å². The van der Waals surface area contributed by atoms with Crippen LogP contribution in [0.2, 0.25) is 0 Å². The van der Waals surface area contributed by atoms with Crippen LogP contribution in [0.1, 0.15) is 5.69 Å². The quantitative estimate of drug-likeness (QED) is 0.451. The lowest BCUT2D eigenvalue weighted by atomic mass is 10.0. The number of hydrogen-bond donors (Lipinski definition) is 1. The van der Waals surface area contributed by atoms with Gasteiger partial charge in [0.1, 0.15) is 23.4 Å². The van der Waals surface area contributed by atoms with Gasteiger partial charge in [0.05, 0.1) is 23.8 Å². The molecular weight excluding hydrogens is 468 g/mol. The van der Waals surface area contributed by atoms with Crippen LogP contribution in [-0.2, 0) is 22.5 Å². The standard InChI is InChI=1S/C20H14F4N4O4S/c1-33(30,31)26-14-8-27-15(20(14,23)24)9-28(19(27)29)18-17-10(4-2-7-13(17)32-25-18)16-11(21)5-3-6-12(16)22/h2-7,9,14,26H,8H2,1H3/t14-/m1/s1. The van der Waals surface area contributed by atoms with Crippen LogP contribution in [0, 0.1) is 11.6 Å². The van der Waals surface area contributed by atoms with Crippen molar-refractivity contribution >= 4 is 21.0 Å². The molecule has 0 bridgehead atoms. The fourth-order valence-corrected chi connectivity index (χ4v) is 4.76. The van der Waals surface area contributed by atoms with E-state index < -0.39 is 57.1 Å². The van der Waals surface area contributed by atoms with Crippen LogP contribution in [0.4, 0.5) is 17.6 Å². The number of nitrogens with zero attached hydrogens (tertiary/aromatic N) is 3. The van der Waals surface area contributed by atoms with Crippen molar-refractivity contribution in [2.75, 3.05) is 6.26 Å². The molecule has 5 rings (SSSR count). The molecule has 33 heavy (non-hydrogen) atoms. The average Bonchev–Trinajstić information content (AvgIpc) is 3.35. The number of fused-ring (bicyclic) bond motifs is 2. The Kier molecular flexibility index (Phi) is 4.55. The van der Waals surface area contributed by atoms with E-state index in [4.69, 9.17) is 4.52 Å². The summed E-state index contributed by atoms with van der Waals surface area (Å²) in [6.07, 6.45) is 1.55. The number of nitrogens with one attached hydrogen (secondary N) is 1. The molecule has 3 heterocycles. The minimum atomic E-state index is -3.96. The first-order chi connectivity index (χ1) is 15.5. The molecule has 1 N–H and O–H groups in total. The summed E-state index contributed by atoms with van der Waals surface area (Å²) in [5, 5.41) is 3.83. The highest BCUT2D eigenvalue weighted by Gasteiger charge is 2.52. The van der Waals surface area contributed by atoms with Crippen molar-refractivity contribution in [3.05, 3.63) is 70.4 Å². The molecule has 2 aromatic carbocycles. The number of hydrogen-bond acceptors (Lipinski definition) is 5. The third kappa shape index (κ3) is 3.26. The van der Waals surface area contributed by atoms with E-state index in [1.165, 1.54) is 24.3 Å². The molecule has 0 saturated carbocycles. The molecule has 4 aromatic rings. The van der Waals surface area contributed by atoms with Gasteiger partial charge in [-0.05, 0) is 18.2 Å². The Balaban J connectivity index is 1.70. The largest absolute Gasteiger partial charge is 0.354 e. The molecule has 1 atom stereocenters. The fourth-order valence-electron chi connectivity index (χ4n) is 4.02. The normalized spacial score (nSPS) is 17.5. The van der Waals surface area contributed by atoms with Crippen LogP contribution in [-0.4, -0.2) is 35.0 Å². The summed E-state index contributed by atoms with van der Waals surface area (Å²) >= 11 is 0. The predicted octanol–water partition coefficient (Wildman–Crippen LogP) is 2.75. The van der Waals surface area contributed by atoms with Crippen LogP contribution in [0.15, 0.2) is 51.9 Å². The summed E-state index contributed by atoms with van der Waals surface area (Å²) in [7, 11) is -3.96. The van der Waals surface area contributed by atoms with Crippen LogP contribution in [0.5, 0.6) is 0 Å². The third-order valence-electron chi connectivity index (χ3n) is 5.42. The Morgan fingerprint density at radius 2 is 1.82 bits per heavy atom. The lowest BCUT2D eigenvalue weighted by Crippen LogP contribution is -2.44. The van der Waals surface area contributed by atoms with Gasteiger partial charge < -0.3 is 4.52 Å². The lowest BCUT2D eigenvalue weighted by molar-refractivity contribution is -0.0248. The smallest absolute Gasteiger partial charge is 0.334 e. The third-order valence-corrected chi connectivity index (χ3v) is 6.13. The highest BCUT2D eigenvalue weighted by atomic mass is 32.2. The molecule has 8 nitrogen and oxygen atoms in total. The second kappa shape index (κ2) is 7.02. The maximum atomic E-state index is 14.9. The van der Waals surface area contributed by atoms with Gasteiger partial charge in [-0.3, -0.25) is 4.57 Å². The van der Waals surface area contributed by atoms with E-state index in [1.54, 1.807) is 0 Å². The van der Waals surface area contributed by atoms with E-state index in [0.717, 1.165) is 33.7 Å². The topological polar surface area (TPSA) is 99.1 Å². The van der Waals surface area contributed by atoms with Crippen molar-refractivity contribution in [3.63, 3.8) is 0 Å². The van der Waals surface area contributed by atoms with E-state index in [-0.39, 0.29) is 22.4 Å². The number of aromatic nitrogens is 3. The van der Waals surface area contributed by atoms with Crippen molar-refractivity contribution in [2.45, 2.75) is 18.5 Å². The first-order valence-corrected chi connectivity index (χ1v) is 11.4. The zero-order chi connectivity index (χ0) is 23.7. The summed E-state index contributed by atoms with van der Waals surface area (Å²) in [6.45, 7) is -0.619. The van der Waals surface area contributed by atoms with Gasteiger partial charge in [0, 0.05) is 11.8 Å². The van der Waals surface area contributed by atoms with E-state index in [2.05, 4.69) is 5.16 Å². The number of alkyl halides is 2. The monoisotopic (exact) mass is 482 g/mol.